The molecule has 2 aromatic carbocycles. The number of fused-ring (bicyclic) bond motifs is 1. The summed E-state index contributed by atoms with van der Waals surface area (Å²) in [5, 5.41) is 7.51. The number of hydrogen-bond acceptors (Lipinski definition) is 8. The Morgan fingerprint density at radius 3 is 2.46 bits per heavy atom. The van der Waals surface area contributed by atoms with Gasteiger partial charge in [-0.2, -0.15) is 0 Å². The largest absolute Gasteiger partial charge is 0.493 e. The quantitative estimate of drug-likeness (QED) is 0.126. The molecule has 6 rings (SSSR count). The van der Waals surface area contributed by atoms with Gasteiger partial charge in [0, 0.05) is 59.3 Å². The highest BCUT2D eigenvalue weighted by Crippen LogP contribution is 2.44. The Labute approximate surface area is 294 Å². The number of halogens is 1. The van der Waals surface area contributed by atoms with Crippen LogP contribution >= 0.6 is 11.6 Å². The Bertz CT molecular complexity index is 1980. The molecule has 2 aliphatic rings. The molecule has 2 fully saturated rings. The Morgan fingerprint density at radius 2 is 1.80 bits per heavy atom. The molecule has 4 aromatic rings. The summed E-state index contributed by atoms with van der Waals surface area (Å²) in [4.78, 5) is 59.3. The van der Waals surface area contributed by atoms with Gasteiger partial charge < -0.3 is 30.4 Å². The summed E-state index contributed by atoms with van der Waals surface area (Å²) in [5.74, 6) is -0.781. The average molecular weight is 699 g/mol. The van der Waals surface area contributed by atoms with E-state index in [1.807, 2.05) is 36.7 Å². The summed E-state index contributed by atoms with van der Waals surface area (Å²) < 4.78 is 12.5. The van der Waals surface area contributed by atoms with Crippen LogP contribution in [0, 0.1) is 0 Å². The lowest BCUT2D eigenvalue weighted by Gasteiger charge is -2.40. The summed E-state index contributed by atoms with van der Waals surface area (Å²) in [6.45, 7) is 1.63. The van der Waals surface area contributed by atoms with Crippen molar-refractivity contribution in [3.05, 3.63) is 76.6 Å². The van der Waals surface area contributed by atoms with Gasteiger partial charge in [-0.05, 0) is 80.9 Å². The number of nitrogens with two attached hydrogens (primary N) is 1. The van der Waals surface area contributed by atoms with Crippen molar-refractivity contribution in [1.29, 1.82) is 0 Å². The summed E-state index contributed by atoms with van der Waals surface area (Å²) >= 11 is 6.10. The number of esters is 1. The van der Waals surface area contributed by atoms with Crippen LogP contribution in [0.2, 0.25) is 5.02 Å². The molecule has 3 amide bonds. The van der Waals surface area contributed by atoms with E-state index in [2.05, 4.69) is 20.6 Å². The fourth-order valence-electron chi connectivity index (χ4n) is 6.80. The number of amides is 3. The van der Waals surface area contributed by atoms with Gasteiger partial charge in [-0.25, -0.2) is 14.8 Å². The zero-order valence-corrected chi connectivity index (χ0v) is 28.7. The van der Waals surface area contributed by atoms with Gasteiger partial charge in [0.25, 0.3) is 11.8 Å². The zero-order valence-electron chi connectivity index (χ0n) is 28.0. The van der Waals surface area contributed by atoms with Crippen molar-refractivity contribution >= 4 is 58.0 Å². The van der Waals surface area contributed by atoms with E-state index in [4.69, 9.17) is 26.8 Å². The lowest BCUT2D eigenvalue weighted by atomic mass is 9.75. The first-order valence-corrected chi connectivity index (χ1v) is 17.1. The van der Waals surface area contributed by atoms with Crippen LogP contribution in [-0.4, -0.2) is 57.0 Å². The van der Waals surface area contributed by atoms with Gasteiger partial charge in [0.05, 0.1) is 17.3 Å². The van der Waals surface area contributed by atoms with Crippen molar-refractivity contribution in [3.8, 4) is 17.3 Å². The maximum Gasteiger partial charge on any atom is 0.331 e. The molecule has 2 saturated carbocycles. The molecule has 4 N–H and O–H groups in total. The Balaban J connectivity index is 1.22. The number of nitrogens with one attached hydrogen (secondary N) is 2. The number of aryl methyl sites for hydroxylation is 1. The van der Waals surface area contributed by atoms with Crippen molar-refractivity contribution in [2.75, 3.05) is 18.5 Å². The van der Waals surface area contributed by atoms with Gasteiger partial charge in [-0.3, -0.25) is 14.4 Å². The molecule has 0 atom stereocenters. The number of carbonyl (C=O) groups is 4. The van der Waals surface area contributed by atoms with Gasteiger partial charge in [0.2, 0.25) is 5.91 Å². The second kappa shape index (κ2) is 14.7. The molecular weight excluding hydrogens is 660 g/mol. The maximum atomic E-state index is 13.8. The van der Waals surface area contributed by atoms with E-state index in [-0.39, 0.29) is 11.8 Å². The lowest BCUT2D eigenvalue weighted by Crippen LogP contribution is -2.61. The normalized spacial score (nSPS) is 15.5. The monoisotopic (exact) mass is 698 g/mol. The van der Waals surface area contributed by atoms with Crippen molar-refractivity contribution in [2.45, 2.75) is 63.3 Å². The third kappa shape index (κ3) is 7.20. The van der Waals surface area contributed by atoms with E-state index >= 15 is 0 Å². The number of primary amides is 1. The number of benzene rings is 2. The van der Waals surface area contributed by atoms with Crippen LogP contribution in [0.15, 0.2) is 54.9 Å². The number of nitrogens with zero attached hydrogens (tertiary/aromatic N) is 3. The van der Waals surface area contributed by atoms with Crippen LogP contribution in [-0.2, 0) is 26.2 Å². The first kappa shape index (κ1) is 34.6. The first-order chi connectivity index (χ1) is 24.1. The van der Waals surface area contributed by atoms with Crippen LogP contribution in [0.3, 0.4) is 0 Å². The van der Waals surface area contributed by atoms with E-state index in [1.165, 1.54) is 11.6 Å². The standard InChI is InChI=1S/C37H39ClN6O6/c1-3-49-29-18-26(12-9-22(29)11-14-31(46)50-21-30(39)45)42-36(48)37(15-6-16-37)43-35(47)24-10-13-27-28(17-24)44(2)33(32(27)23-7-4-5-8-23)34-40-19-25(38)20-41-34/h9-14,17-20,23H,3-8,15-16,21H2,1-2H3,(H2,39,45)(H,42,48)(H,43,47)/b14-11+. The molecule has 2 heterocycles. The molecule has 0 radical (unpaired) electrons. The van der Waals surface area contributed by atoms with E-state index in [1.54, 1.807) is 30.6 Å². The molecule has 0 bridgehead atoms. The molecular formula is C37H39ClN6O6. The van der Waals surface area contributed by atoms with Gasteiger partial charge in [-0.15, -0.1) is 0 Å². The van der Waals surface area contributed by atoms with E-state index < -0.39 is 24.0 Å². The fourth-order valence-corrected chi connectivity index (χ4v) is 6.90. The second-order valence-electron chi connectivity index (χ2n) is 12.7. The van der Waals surface area contributed by atoms with Gasteiger partial charge in [-0.1, -0.05) is 30.5 Å². The number of ether oxygens (including phenoxy) is 2. The fraction of sp³-hybridized carbons (Fsp3) is 0.351. The molecule has 260 valence electrons. The van der Waals surface area contributed by atoms with Crippen LogP contribution in [0.25, 0.3) is 28.5 Å². The third-order valence-electron chi connectivity index (χ3n) is 9.42. The van der Waals surface area contributed by atoms with Gasteiger partial charge in [0.15, 0.2) is 12.4 Å². The summed E-state index contributed by atoms with van der Waals surface area (Å²) in [6, 6.07) is 10.7. The molecule has 0 aliphatic heterocycles. The Kier molecular flexibility index (Phi) is 10.2. The lowest BCUT2D eigenvalue weighted by molar-refractivity contribution is -0.142. The highest BCUT2D eigenvalue weighted by atomic mass is 35.5. The topological polar surface area (TPSA) is 168 Å². The van der Waals surface area contributed by atoms with E-state index in [0.29, 0.717) is 58.8 Å². The smallest absolute Gasteiger partial charge is 0.331 e. The summed E-state index contributed by atoms with van der Waals surface area (Å²) in [7, 11) is 1.96. The first-order valence-electron chi connectivity index (χ1n) is 16.7. The highest BCUT2D eigenvalue weighted by Gasteiger charge is 2.45. The van der Waals surface area contributed by atoms with Crippen molar-refractivity contribution in [3.63, 3.8) is 0 Å². The number of aromatic nitrogens is 3. The highest BCUT2D eigenvalue weighted by molar-refractivity contribution is 6.30. The van der Waals surface area contributed by atoms with Crippen molar-refractivity contribution in [1.82, 2.24) is 19.9 Å². The molecule has 50 heavy (non-hydrogen) atoms. The predicted molar refractivity (Wildman–Crippen MR) is 190 cm³/mol. The average Bonchev–Trinajstić information content (AvgIpc) is 3.71. The zero-order chi connectivity index (χ0) is 35.4. The minimum atomic E-state index is -1.08. The number of rotatable bonds is 12. The molecule has 0 saturated heterocycles. The summed E-state index contributed by atoms with van der Waals surface area (Å²) in [5.41, 5.74) is 8.42. The number of carbonyl (C=O) groups excluding carboxylic acids is 4. The number of hydrogen-bond donors (Lipinski definition) is 3. The Morgan fingerprint density at radius 1 is 1.06 bits per heavy atom. The van der Waals surface area contributed by atoms with Crippen LogP contribution in [0.5, 0.6) is 5.75 Å². The third-order valence-corrected chi connectivity index (χ3v) is 9.61. The molecule has 12 nitrogen and oxygen atoms in total. The van der Waals surface area contributed by atoms with E-state index in [0.717, 1.165) is 54.8 Å². The second-order valence-corrected chi connectivity index (χ2v) is 13.1. The maximum absolute atomic E-state index is 13.8. The number of anilines is 1. The summed E-state index contributed by atoms with van der Waals surface area (Å²) in [6.07, 6.45) is 12.1. The van der Waals surface area contributed by atoms with Crippen LogP contribution in [0.1, 0.15) is 79.3 Å². The van der Waals surface area contributed by atoms with Gasteiger partial charge in [0.1, 0.15) is 11.3 Å². The van der Waals surface area contributed by atoms with Crippen LogP contribution in [0.4, 0.5) is 5.69 Å². The van der Waals surface area contributed by atoms with Crippen LogP contribution < -0.4 is 21.1 Å². The Hall–Kier alpha value is -5.23. The van der Waals surface area contributed by atoms with Gasteiger partial charge >= 0.3 is 5.97 Å². The van der Waals surface area contributed by atoms with E-state index in [9.17, 15) is 19.2 Å². The van der Waals surface area contributed by atoms with Crippen molar-refractivity contribution in [2.24, 2.45) is 12.8 Å². The minimum absolute atomic E-state index is 0.330. The molecule has 0 spiro atoms. The molecule has 0 unspecified atom stereocenters. The van der Waals surface area contributed by atoms with Crippen molar-refractivity contribution < 1.29 is 28.7 Å². The molecule has 13 heteroatoms. The SMILES string of the molecule is CCOc1cc(NC(=O)C2(NC(=O)c3ccc4c(C5CCCC5)c(-c5ncc(Cl)cn5)n(C)c4c3)CCC2)ccc1/C=C/C(=O)OCC(N)=O. The minimum Gasteiger partial charge on any atom is -0.493 e. The molecule has 2 aliphatic carbocycles. The molecule has 2 aromatic heterocycles. The predicted octanol–water partition coefficient (Wildman–Crippen LogP) is 5.68.